The van der Waals surface area contributed by atoms with Crippen LogP contribution in [0.4, 0.5) is 5.69 Å². The van der Waals surface area contributed by atoms with Crippen molar-refractivity contribution in [3.63, 3.8) is 0 Å². The summed E-state index contributed by atoms with van der Waals surface area (Å²) in [5.74, 6) is 0. The number of nitro benzene ring substituents is 1. The fourth-order valence-electron chi connectivity index (χ4n) is 1.27. The maximum absolute atomic E-state index is 10.4. The van der Waals surface area contributed by atoms with Crippen molar-refractivity contribution in [2.75, 3.05) is 0 Å². The molecule has 4 heteroatoms. The van der Waals surface area contributed by atoms with Crippen LogP contribution in [0.3, 0.4) is 0 Å². The SMILES string of the molecule is O=[N+]([O-])c1ccc(C=Cc2ccoc2)cc1. The molecule has 1 heterocycles. The van der Waals surface area contributed by atoms with Gasteiger partial charge < -0.3 is 4.42 Å². The van der Waals surface area contributed by atoms with Gasteiger partial charge in [0.15, 0.2) is 0 Å². The van der Waals surface area contributed by atoms with E-state index < -0.39 is 4.92 Å². The first-order chi connectivity index (χ1) is 7.75. The zero-order valence-electron chi connectivity index (χ0n) is 8.37. The minimum absolute atomic E-state index is 0.0976. The van der Waals surface area contributed by atoms with Crippen LogP contribution in [0.25, 0.3) is 12.2 Å². The van der Waals surface area contributed by atoms with Crippen LogP contribution in [-0.2, 0) is 0 Å². The summed E-state index contributed by atoms with van der Waals surface area (Å²) in [5, 5.41) is 10.4. The average Bonchev–Trinajstić information content (AvgIpc) is 2.80. The van der Waals surface area contributed by atoms with Gasteiger partial charge >= 0.3 is 0 Å². The van der Waals surface area contributed by atoms with Gasteiger partial charge in [-0.15, -0.1) is 0 Å². The lowest BCUT2D eigenvalue weighted by Crippen LogP contribution is -1.86. The maximum atomic E-state index is 10.4. The van der Waals surface area contributed by atoms with E-state index in [-0.39, 0.29) is 5.69 Å². The minimum atomic E-state index is -0.413. The van der Waals surface area contributed by atoms with Crippen LogP contribution < -0.4 is 0 Å². The molecule has 1 aromatic carbocycles. The third kappa shape index (κ3) is 2.36. The Hall–Kier alpha value is -2.36. The van der Waals surface area contributed by atoms with Gasteiger partial charge in [0.05, 0.1) is 17.4 Å². The van der Waals surface area contributed by atoms with Crippen molar-refractivity contribution in [2.45, 2.75) is 0 Å². The van der Waals surface area contributed by atoms with Crippen LogP contribution in [0.5, 0.6) is 0 Å². The minimum Gasteiger partial charge on any atom is -0.472 e. The van der Waals surface area contributed by atoms with E-state index in [1.807, 2.05) is 18.2 Å². The fraction of sp³-hybridized carbons (Fsp3) is 0. The Balaban J connectivity index is 2.14. The first-order valence-electron chi connectivity index (χ1n) is 4.70. The quantitative estimate of drug-likeness (QED) is 0.582. The lowest BCUT2D eigenvalue weighted by atomic mass is 10.1. The van der Waals surface area contributed by atoms with Crippen molar-refractivity contribution in [1.29, 1.82) is 0 Å². The topological polar surface area (TPSA) is 56.3 Å². The Labute approximate surface area is 92.0 Å². The van der Waals surface area contributed by atoms with E-state index in [4.69, 9.17) is 4.42 Å². The second-order valence-corrected chi connectivity index (χ2v) is 3.24. The summed E-state index contributed by atoms with van der Waals surface area (Å²) in [7, 11) is 0. The number of non-ortho nitro benzene ring substituents is 1. The zero-order valence-corrected chi connectivity index (χ0v) is 8.37. The van der Waals surface area contributed by atoms with Gasteiger partial charge in [0.25, 0.3) is 5.69 Å². The van der Waals surface area contributed by atoms with Crippen molar-refractivity contribution in [3.05, 3.63) is 64.1 Å². The van der Waals surface area contributed by atoms with E-state index in [9.17, 15) is 10.1 Å². The predicted octanol–water partition coefficient (Wildman–Crippen LogP) is 3.36. The smallest absolute Gasteiger partial charge is 0.269 e. The molecule has 0 saturated carbocycles. The molecule has 0 atom stereocenters. The van der Waals surface area contributed by atoms with Crippen LogP contribution in [0, 0.1) is 10.1 Å². The van der Waals surface area contributed by atoms with Crippen LogP contribution in [0.2, 0.25) is 0 Å². The molecule has 0 aliphatic carbocycles. The Bertz CT molecular complexity index is 498. The Kier molecular flexibility index (Phi) is 2.82. The van der Waals surface area contributed by atoms with Crippen LogP contribution >= 0.6 is 0 Å². The molecule has 80 valence electrons. The number of nitrogens with zero attached hydrogens (tertiary/aromatic N) is 1. The monoisotopic (exact) mass is 215 g/mol. The normalized spacial score (nSPS) is 10.8. The number of hydrogen-bond donors (Lipinski definition) is 0. The highest BCUT2D eigenvalue weighted by Crippen LogP contribution is 2.14. The molecule has 0 unspecified atom stereocenters. The lowest BCUT2D eigenvalue weighted by molar-refractivity contribution is -0.384. The van der Waals surface area contributed by atoms with Gasteiger partial charge in [-0.25, -0.2) is 0 Å². The number of hydrogen-bond acceptors (Lipinski definition) is 3. The predicted molar refractivity (Wildman–Crippen MR) is 60.7 cm³/mol. The summed E-state index contributed by atoms with van der Waals surface area (Å²) in [6, 6.07) is 8.20. The summed E-state index contributed by atoms with van der Waals surface area (Å²) >= 11 is 0. The molecule has 0 spiro atoms. The van der Waals surface area contributed by atoms with E-state index in [1.165, 1.54) is 12.1 Å². The summed E-state index contributed by atoms with van der Waals surface area (Å²) in [5.41, 5.74) is 1.96. The highest BCUT2D eigenvalue weighted by atomic mass is 16.6. The summed E-state index contributed by atoms with van der Waals surface area (Å²) < 4.78 is 4.91. The summed E-state index contributed by atoms with van der Waals surface area (Å²) in [6.07, 6.45) is 6.97. The summed E-state index contributed by atoms with van der Waals surface area (Å²) in [6.45, 7) is 0. The fourth-order valence-corrected chi connectivity index (χ4v) is 1.27. The van der Waals surface area contributed by atoms with E-state index in [2.05, 4.69) is 0 Å². The van der Waals surface area contributed by atoms with E-state index in [0.717, 1.165) is 11.1 Å². The molecule has 4 nitrogen and oxygen atoms in total. The number of benzene rings is 1. The van der Waals surface area contributed by atoms with Gasteiger partial charge in [-0.1, -0.05) is 12.2 Å². The molecule has 0 amide bonds. The second-order valence-electron chi connectivity index (χ2n) is 3.24. The van der Waals surface area contributed by atoms with Gasteiger partial charge in [0, 0.05) is 17.7 Å². The third-order valence-corrected chi connectivity index (χ3v) is 2.12. The Morgan fingerprint density at radius 2 is 1.75 bits per heavy atom. The largest absolute Gasteiger partial charge is 0.472 e. The molecule has 1 aromatic heterocycles. The van der Waals surface area contributed by atoms with Crippen molar-refractivity contribution < 1.29 is 9.34 Å². The van der Waals surface area contributed by atoms with Crippen LogP contribution in [0.15, 0.2) is 47.3 Å². The molecular formula is C12H9NO3. The highest BCUT2D eigenvalue weighted by molar-refractivity contribution is 5.69. The molecule has 16 heavy (non-hydrogen) atoms. The first kappa shape index (κ1) is 10.2. The number of furan rings is 1. The van der Waals surface area contributed by atoms with Gasteiger partial charge in [0.1, 0.15) is 0 Å². The van der Waals surface area contributed by atoms with Gasteiger partial charge in [-0.2, -0.15) is 0 Å². The van der Waals surface area contributed by atoms with Crippen LogP contribution in [-0.4, -0.2) is 4.92 Å². The maximum Gasteiger partial charge on any atom is 0.269 e. The molecule has 2 aromatic rings. The Morgan fingerprint density at radius 3 is 2.31 bits per heavy atom. The van der Waals surface area contributed by atoms with Crippen molar-refractivity contribution in [3.8, 4) is 0 Å². The van der Waals surface area contributed by atoms with E-state index in [0.29, 0.717) is 0 Å². The first-order valence-corrected chi connectivity index (χ1v) is 4.70. The van der Waals surface area contributed by atoms with Gasteiger partial charge in [-0.05, 0) is 23.8 Å². The van der Waals surface area contributed by atoms with Crippen molar-refractivity contribution >= 4 is 17.8 Å². The van der Waals surface area contributed by atoms with Crippen molar-refractivity contribution in [1.82, 2.24) is 0 Å². The van der Waals surface area contributed by atoms with Gasteiger partial charge in [0.2, 0.25) is 0 Å². The molecule has 0 aliphatic rings. The number of rotatable bonds is 3. The molecule has 0 aliphatic heterocycles. The molecule has 0 bridgehead atoms. The summed E-state index contributed by atoms with van der Waals surface area (Å²) in [4.78, 5) is 10.0. The third-order valence-electron chi connectivity index (χ3n) is 2.12. The number of nitro groups is 1. The molecule has 0 radical (unpaired) electrons. The molecular weight excluding hydrogens is 206 g/mol. The van der Waals surface area contributed by atoms with Crippen molar-refractivity contribution in [2.24, 2.45) is 0 Å². The van der Waals surface area contributed by atoms with E-state index >= 15 is 0 Å². The molecule has 0 fully saturated rings. The van der Waals surface area contributed by atoms with Crippen LogP contribution in [0.1, 0.15) is 11.1 Å². The zero-order chi connectivity index (χ0) is 11.4. The standard InChI is InChI=1S/C12H9NO3/c14-13(15)12-5-3-10(4-6-12)1-2-11-7-8-16-9-11/h1-9H. The molecule has 2 rings (SSSR count). The molecule has 0 N–H and O–H groups in total. The lowest BCUT2D eigenvalue weighted by Gasteiger charge is -1.92. The van der Waals surface area contributed by atoms with Gasteiger partial charge in [-0.3, -0.25) is 10.1 Å². The Morgan fingerprint density at radius 1 is 1.06 bits per heavy atom. The van der Waals surface area contributed by atoms with E-state index in [1.54, 1.807) is 24.7 Å². The second kappa shape index (κ2) is 4.44. The highest BCUT2D eigenvalue weighted by Gasteiger charge is 2.01. The molecule has 0 saturated heterocycles. The average molecular weight is 215 g/mol.